The van der Waals surface area contributed by atoms with Gasteiger partial charge in [0.25, 0.3) is 0 Å². The number of rotatable bonds is 0. The summed E-state index contributed by atoms with van der Waals surface area (Å²) < 4.78 is 0. The standard InChI is InChI=1S/C19H32O3/c1-18-8-7-12(20)9-11(18)3-4-13-14-5-6-16(21)19(14,2)17(22)10-15(13)18/h11-17,20-22H,3-10H2,1-2H3. The third-order valence-electron chi connectivity index (χ3n) is 8.70. The molecule has 0 heterocycles. The average molecular weight is 308 g/mol. The minimum atomic E-state index is -0.362. The molecule has 4 saturated carbocycles. The molecule has 0 saturated heterocycles. The summed E-state index contributed by atoms with van der Waals surface area (Å²) in [7, 11) is 0. The van der Waals surface area contributed by atoms with Gasteiger partial charge in [-0.1, -0.05) is 13.8 Å². The van der Waals surface area contributed by atoms with E-state index < -0.39 is 0 Å². The lowest BCUT2D eigenvalue weighted by atomic mass is 9.44. The van der Waals surface area contributed by atoms with Crippen molar-refractivity contribution >= 4 is 0 Å². The van der Waals surface area contributed by atoms with E-state index in [-0.39, 0.29) is 29.1 Å². The van der Waals surface area contributed by atoms with Crippen LogP contribution >= 0.6 is 0 Å². The smallest absolute Gasteiger partial charge is 0.0624 e. The van der Waals surface area contributed by atoms with Gasteiger partial charge in [0.1, 0.15) is 0 Å². The molecule has 4 fully saturated rings. The topological polar surface area (TPSA) is 60.7 Å². The van der Waals surface area contributed by atoms with Crippen molar-refractivity contribution in [1.82, 2.24) is 0 Å². The van der Waals surface area contributed by atoms with Gasteiger partial charge in [-0.2, -0.15) is 0 Å². The molecule has 126 valence electrons. The maximum Gasteiger partial charge on any atom is 0.0624 e. The summed E-state index contributed by atoms with van der Waals surface area (Å²) in [5, 5.41) is 31.4. The third-order valence-corrected chi connectivity index (χ3v) is 8.70. The average Bonchev–Trinajstić information content (AvgIpc) is 2.79. The van der Waals surface area contributed by atoms with Crippen LogP contribution < -0.4 is 0 Å². The van der Waals surface area contributed by atoms with Crippen LogP contribution in [0.1, 0.15) is 65.2 Å². The zero-order chi connectivity index (χ0) is 15.7. The Morgan fingerprint density at radius 1 is 0.773 bits per heavy atom. The normalized spacial score (nSPS) is 61.2. The molecule has 0 bridgehead atoms. The van der Waals surface area contributed by atoms with E-state index >= 15 is 0 Å². The van der Waals surface area contributed by atoms with Crippen molar-refractivity contribution in [2.75, 3.05) is 0 Å². The molecule has 0 aromatic rings. The van der Waals surface area contributed by atoms with Crippen LogP contribution in [0.25, 0.3) is 0 Å². The highest BCUT2D eigenvalue weighted by atomic mass is 16.3. The maximum absolute atomic E-state index is 10.9. The minimum absolute atomic E-state index is 0.110. The Hall–Kier alpha value is -0.120. The Kier molecular flexibility index (Phi) is 3.46. The molecular weight excluding hydrogens is 276 g/mol. The second-order valence-corrected chi connectivity index (χ2v) is 9.30. The molecule has 0 aromatic carbocycles. The van der Waals surface area contributed by atoms with Gasteiger partial charge >= 0.3 is 0 Å². The van der Waals surface area contributed by atoms with Crippen LogP contribution in [0.15, 0.2) is 0 Å². The fourth-order valence-corrected chi connectivity index (χ4v) is 7.19. The summed E-state index contributed by atoms with van der Waals surface area (Å²) in [6.45, 7) is 4.57. The number of aliphatic hydroxyl groups is 3. The van der Waals surface area contributed by atoms with E-state index in [1.54, 1.807) is 0 Å². The molecule has 4 rings (SSSR count). The molecule has 4 aliphatic carbocycles. The van der Waals surface area contributed by atoms with Gasteiger partial charge in [-0.3, -0.25) is 0 Å². The minimum Gasteiger partial charge on any atom is -0.393 e. The van der Waals surface area contributed by atoms with Crippen LogP contribution in [0.2, 0.25) is 0 Å². The second-order valence-electron chi connectivity index (χ2n) is 9.30. The van der Waals surface area contributed by atoms with Crippen molar-refractivity contribution in [2.45, 2.75) is 83.5 Å². The molecule has 0 radical (unpaired) electrons. The van der Waals surface area contributed by atoms with Gasteiger partial charge in [0.05, 0.1) is 18.3 Å². The third kappa shape index (κ3) is 1.85. The van der Waals surface area contributed by atoms with Gasteiger partial charge < -0.3 is 15.3 Å². The highest BCUT2D eigenvalue weighted by Gasteiger charge is 2.63. The van der Waals surface area contributed by atoms with Crippen molar-refractivity contribution in [2.24, 2.45) is 34.5 Å². The Bertz CT molecular complexity index is 452. The van der Waals surface area contributed by atoms with Crippen LogP contribution in [-0.2, 0) is 0 Å². The van der Waals surface area contributed by atoms with E-state index in [2.05, 4.69) is 13.8 Å². The molecule has 3 nitrogen and oxygen atoms in total. The van der Waals surface area contributed by atoms with Crippen molar-refractivity contribution < 1.29 is 15.3 Å². The summed E-state index contributed by atoms with van der Waals surface area (Å²) >= 11 is 0. The number of fused-ring (bicyclic) bond motifs is 5. The van der Waals surface area contributed by atoms with Gasteiger partial charge in [-0.05, 0) is 80.5 Å². The van der Waals surface area contributed by atoms with E-state index in [0.29, 0.717) is 23.7 Å². The Morgan fingerprint density at radius 2 is 1.55 bits per heavy atom. The molecule has 0 aliphatic heterocycles. The number of aliphatic hydroxyl groups excluding tert-OH is 3. The highest BCUT2D eigenvalue weighted by molar-refractivity contribution is 5.12. The molecule has 22 heavy (non-hydrogen) atoms. The van der Waals surface area contributed by atoms with Gasteiger partial charge in [0.2, 0.25) is 0 Å². The zero-order valence-electron chi connectivity index (χ0n) is 14.0. The van der Waals surface area contributed by atoms with Crippen molar-refractivity contribution in [3.63, 3.8) is 0 Å². The van der Waals surface area contributed by atoms with E-state index in [4.69, 9.17) is 0 Å². The molecule has 0 amide bonds. The molecule has 3 heteroatoms. The van der Waals surface area contributed by atoms with E-state index in [1.165, 1.54) is 12.8 Å². The second kappa shape index (κ2) is 4.94. The molecule has 9 atom stereocenters. The van der Waals surface area contributed by atoms with Crippen LogP contribution in [0.3, 0.4) is 0 Å². The van der Waals surface area contributed by atoms with Crippen LogP contribution in [0, 0.1) is 34.5 Å². The summed E-state index contributed by atoms with van der Waals surface area (Å²) in [5.74, 6) is 2.36. The van der Waals surface area contributed by atoms with Gasteiger partial charge in [0, 0.05) is 5.41 Å². The lowest BCUT2D eigenvalue weighted by Gasteiger charge is -2.61. The molecule has 0 aromatic heterocycles. The van der Waals surface area contributed by atoms with E-state index in [1.807, 2.05) is 0 Å². The lowest BCUT2D eigenvalue weighted by molar-refractivity contribution is -0.180. The van der Waals surface area contributed by atoms with Crippen LogP contribution in [0.4, 0.5) is 0 Å². The molecule has 3 N–H and O–H groups in total. The molecular formula is C19H32O3. The SMILES string of the molecule is CC12CCC(O)CC1CCC1C2CC(O)C2(C)C(O)CCC12. The largest absolute Gasteiger partial charge is 0.393 e. The zero-order valence-corrected chi connectivity index (χ0v) is 14.0. The first kappa shape index (κ1) is 15.4. The predicted molar refractivity (Wildman–Crippen MR) is 85.1 cm³/mol. The summed E-state index contributed by atoms with van der Waals surface area (Å²) in [4.78, 5) is 0. The Morgan fingerprint density at radius 3 is 2.32 bits per heavy atom. The predicted octanol–water partition coefficient (Wildman–Crippen LogP) is 2.72. The lowest BCUT2D eigenvalue weighted by Crippen LogP contribution is -2.59. The van der Waals surface area contributed by atoms with Crippen molar-refractivity contribution in [3.8, 4) is 0 Å². The summed E-state index contributed by atoms with van der Waals surface area (Å²) in [6, 6.07) is 0. The van der Waals surface area contributed by atoms with Gasteiger partial charge in [0.15, 0.2) is 0 Å². The maximum atomic E-state index is 10.9. The summed E-state index contributed by atoms with van der Waals surface area (Å²) in [6.07, 6.45) is 7.46. The molecule has 0 spiro atoms. The molecule has 4 aliphatic rings. The Labute approximate surface area is 134 Å². The quantitative estimate of drug-likeness (QED) is 0.645. The first-order valence-electron chi connectivity index (χ1n) is 9.41. The van der Waals surface area contributed by atoms with Crippen molar-refractivity contribution in [1.29, 1.82) is 0 Å². The van der Waals surface area contributed by atoms with Gasteiger partial charge in [-0.25, -0.2) is 0 Å². The summed E-state index contributed by atoms with van der Waals surface area (Å²) in [5.41, 5.74) is 0.0105. The fraction of sp³-hybridized carbons (Fsp3) is 1.00. The number of hydrogen-bond donors (Lipinski definition) is 3. The highest BCUT2D eigenvalue weighted by Crippen LogP contribution is 2.66. The van der Waals surface area contributed by atoms with Crippen LogP contribution in [0.5, 0.6) is 0 Å². The van der Waals surface area contributed by atoms with Gasteiger partial charge in [-0.15, -0.1) is 0 Å². The monoisotopic (exact) mass is 308 g/mol. The fourth-order valence-electron chi connectivity index (χ4n) is 7.19. The first-order chi connectivity index (χ1) is 10.4. The van der Waals surface area contributed by atoms with Crippen molar-refractivity contribution in [3.05, 3.63) is 0 Å². The first-order valence-corrected chi connectivity index (χ1v) is 9.41. The van der Waals surface area contributed by atoms with E-state index in [9.17, 15) is 15.3 Å². The number of hydrogen-bond acceptors (Lipinski definition) is 3. The van der Waals surface area contributed by atoms with E-state index in [0.717, 1.165) is 38.5 Å². The van der Waals surface area contributed by atoms with Crippen LogP contribution in [-0.4, -0.2) is 33.6 Å². The molecule has 9 unspecified atom stereocenters. The Balaban J connectivity index is 1.66.